The monoisotopic (exact) mass is 172 g/mol. The molecule has 0 unspecified atom stereocenters. The maximum absolute atomic E-state index is 11.2. The Morgan fingerprint density at radius 2 is 2.36 bits per heavy atom. The summed E-state index contributed by atoms with van der Waals surface area (Å²) in [4.78, 5) is 11.2. The molecule has 1 aliphatic rings. The molecular formula is C7H9ClN2O. The molecule has 0 amide bonds. The number of Topliss-reactive ketones (excluding diaryl/α,β-unsaturated/α-hetero) is 1. The zero-order chi connectivity index (χ0) is 6.97. The first-order chi connectivity index (χ1) is 4.88. The van der Waals surface area contributed by atoms with Gasteiger partial charge in [-0.3, -0.25) is 9.89 Å². The number of carbonyl (C=O) groups is 1. The third kappa shape index (κ3) is 1.60. The Morgan fingerprint density at radius 1 is 1.64 bits per heavy atom. The smallest absolute Gasteiger partial charge is 0.169 e. The van der Waals surface area contributed by atoms with Gasteiger partial charge in [-0.25, -0.2) is 0 Å². The summed E-state index contributed by atoms with van der Waals surface area (Å²) in [5.41, 5.74) is 0.725. The first-order valence-corrected chi connectivity index (χ1v) is 3.41. The third-order valence-corrected chi connectivity index (χ3v) is 1.73. The molecule has 0 radical (unpaired) electrons. The van der Waals surface area contributed by atoms with Crippen LogP contribution < -0.4 is 0 Å². The Balaban J connectivity index is 0.000000605. The average Bonchev–Trinajstić information content (AvgIpc) is 2.65. The minimum Gasteiger partial charge on any atom is -0.294 e. The van der Waals surface area contributed by atoms with Crippen molar-refractivity contribution < 1.29 is 4.79 Å². The number of aromatic nitrogens is 2. The van der Waals surface area contributed by atoms with Crippen molar-refractivity contribution in [1.82, 2.24) is 10.2 Å². The van der Waals surface area contributed by atoms with E-state index in [0.717, 1.165) is 18.4 Å². The van der Waals surface area contributed by atoms with Gasteiger partial charge in [-0.2, -0.15) is 5.10 Å². The predicted octanol–water partition coefficient (Wildman–Crippen LogP) is 1.42. The van der Waals surface area contributed by atoms with Crippen molar-refractivity contribution in [2.45, 2.75) is 12.8 Å². The van der Waals surface area contributed by atoms with Crippen LogP contribution in [0.2, 0.25) is 0 Å². The molecule has 1 fully saturated rings. The van der Waals surface area contributed by atoms with Crippen molar-refractivity contribution in [2.24, 2.45) is 5.92 Å². The van der Waals surface area contributed by atoms with Crippen molar-refractivity contribution in [3.8, 4) is 0 Å². The number of halogens is 1. The second-order valence-electron chi connectivity index (χ2n) is 2.63. The molecule has 1 heterocycles. The van der Waals surface area contributed by atoms with E-state index >= 15 is 0 Å². The van der Waals surface area contributed by atoms with Crippen molar-refractivity contribution >= 4 is 18.2 Å². The largest absolute Gasteiger partial charge is 0.294 e. The molecule has 2 rings (SSSR count). The summed E-state index contributed by atoms with van der Waals surface area (Å²) >= 11 is 0. The molecule has 4 heteroatoms. The van der Waals surface area contributed by atoms with Crippen LogP contribution in [0.15, 0.2) is 12.4 Å². The molecule has 1 N–H and O–H groups in total. The summed E-state index contributed by atoms with van der Waals surface area (Å²) in [5, 5.41) is 6.33. The highest BCUT2D eigenvalue weighted by Crippen LogP contribution is 2.32. The molecule has 0 spiro atoms. The number of rotatable bonds is 2. The second kappa shape index (κ2) is 3.05. The molecule has 0 atom stereocenters. The Labute approximate surface area is 70.6 Å². The fourth-order valence-electron chi connectivity index (χ4n) is 0.967. The lowest BCUT2D eigenvalue weighted by Crippen LogP contribution is -1.98. The van der Waals surface area contributed by atoms with E-state index in [0.29, 0.717) is 5.92 Å². The lowest BCUT2D eigenvalue weighted by atomic mass is 10.1. The Kier molecular flexibility index (Phi) is 2.29. The quantitative estimate of drug-likeness (QED) is 0.686. The first kappa shape index (κ1) is 8.27. The molecule has 60 valence electrons. The van der Waals surface area contributed by atoms with E-state index in [-0.39, 0.29) is 18.2 Å². The molecule has 1 aromatic heterocycles. The number of carbonyl (C=O) groups excluding carboxylic acids is 1. The average molecular weight is 173 g/mol. The topological polar surface area (TPSA) is 45.8 Å². The molecule has 3 nitrogen and oxygen atoms in total. The van der Waals surface area contributed by atoms with Gasteiger partial charge in [-0.1, -0.05) is 0 Å². The van der Waals surface area contributed by atoms with Crippen LogP contribution >= 0.6 is 12.4 Å². The van der Waals surface area contributed by atoms with E-state index < -0.39 is 0 Å². The van der Waals surface area contributed by atoms with Crippen LogP contribution in [0.3, 0.4) is 0 Å². The lowest BCUT2D eigenvalue weighted by Gasteiger charge is -1.87. The summed E-state index contributed by atoms with van der Waals surface area (Å²) in [6.45, 7) is 0. The normalized spacial score (nSPS) is 15.6. The number of nitrogens with one attached hydrogen (secondary N) is 1. The number of aromatic amines is 1. The lowest BCUT2D eigenvalue weighted by molar-refractivity contribution is 0.0967. The SMILES string of the molecule is Cl.O=C(c1cn[nH]c1)C1CC1. The van der Waals surface area contributed by atoms with E-state index in [1.807, 2.05) is 0 Å². The van der Waals surface area contributed by atoms with Gasteiger partial charge in [0, 0.05) is 12.1 Å². The van der Waals surface area contributed by atoms with Gasteiger partial charge in [0.25, 0.3) is 0 Å². The van der Waals surface area contributed by atoms with E-state index in [2.05, 4.69) is 10.2 Å². The zero-order valence-electron chi connectivity index (χ0n) is 5.91. The van der Waals surface area contributed by atoms with Gasteiger partial charge in [0.2, 0.25) is 0 Å². The van der Waals surface area contributed by atoms with Crippen LogP contribution in [0.25, 0.3) is 0 Å². The number of H-pyrrole nitrogens is 1. The van der Waals surface area contributed by atoms with Crippen molar-refractivity contribution in [1.29, 1.82) is 0 Å². The van der Waals surface area contributed by atoms with Gasteiger partial charge in [-0.15, -0.1) is 12.4 Å². The molecule has 1 saturated carbocycles. The highest BCUT2D eigenvalue weighted by molar-refractivity contribution is 5.98. The standard InChI is InChI=1S/C7H8N2O.ClH/c10-7(5-1-2-5)6-3-8-9-4-6;/h3-5H,1-2H2,(H,8,9);1H. The summed E-state index contributed by atoms with van der Waals surface area (Å²) in [6, 6.07) is 0. The van der Waals surface area contributed by atoms with Crippen LogP contribution in [0, 0.1) is 5.92 Å². The molecule has 11 heavy (non-hydrogen) atoms. The highest BCUT2D eigenvalue weighted by atomic mass is 35.5. The minimum absolute atomic E-state index is 0. The minimum atomic E-state index is 0. The van der Waals surface area contributed by atoms with Crippen molar-refractivity contribution in [3.05, 3.63) is 18.0 Å². The molecule has 0 saturated heterocycles. The van der Waals surface area contributed by atoms with Crippen molar-refractivity contribution in [2.75, 3.05) is 0 Å². The van der Waals surface area contributed by atoms with E-state index in [9.17, 15) is 4.79 Å². The molecule has 1 aromatic rings. The van der Waals surface area contributed by atoms with Gasteiger partial charge in [-0.05, 0) is 12.8 Å². The first-order valence-electron chi connectivity index (χ1n) is 3.41. The Bertz CT molecular complexity index is 241. The number of nitrogens with zero attached hydrogens (tertiary/aromatic N) is 1. The fourth-order valence-corrected chi connectivity index (χ4v) is 0.967. The maximum atomic E-state index is 11.2. The molecule has 0 bridgehead atoms. The van der Waals surface area contributed by atoms with E-state index in [1.54, 1.807) is 12.4 Å². The second-order valence-corrected chi connectivity index (χ2v) is 2.63. The number of hydrogen-bond acceptors (Lipinski definition) is 2. The fraction of sp³-hybridized carbons (Fsp3) is 0.429. The van der Waals surface area contributed by atoms with Crippen LogP contribution in [0.5, 0.6) is 0 Å². The third-order valence-electron chi connectivity index (χ3n) is 1.73. The summed E-state index contributed by atoms with van der Waals surface area (Å²) < 4.78 is 0. The van der Waals surface area contributed by atoms with Gasteiger partial charge >= 0.3 is 0 Å². The highest BCUT2D eigenvalue weighted by Gasteiger charge is 2.30. The zero-order valence-corrected chi connectivity index (χ0v) is 6.73. The molecule has 0 aromatic carbocycles. The van der Waals surface area contributed by atoms with Crippen LogP contribution in [0.1, 0.15) is 23.2 Å². The van der Waals surface area contributed by atoms with Gasteiger partial charge in [0.1, 0.15) is 0 Å². The molecule has 1 aliphatic carbocycles. The summed E-state index contributed by atoms with van der Waals surface area (Å²) in [5.74, 6) is 0.548. The van der Waals surface area contributed by atoms with Crippen LogP contribution in [0.4, 0.5) is 0 Å². The predicted molar refractivity (Wildman–Crippen MR) is 42.9 cm³/mol. The Hall–Kier alpha value is -0.830. The van der Waals surface area contributed by atoms with Crippen LogP contribution in [-0.2, 0) is 0 Å². The maximum Gasteiger partial charge on any atom is 0.169 e. The summed E-state index contributed by atoms with van der Waals surface area (Å²) in [7, 11) is 0. The molecule has 0 aliphatic heterocycles. The van der Waals surface area contributed by atoms with Gasteiger partial charge in [0.15, 0.2) is 5.78 Å². The Morgan fingerprint density at radius 3 is 2.82 bits per heavy atom. The number of hydrogen-bond donors (Lipinski definition) is 1. The van der Waals surface area contributed by atoms with Crippen molar-refractivity contribution in [3.63, 3.8) is 0 Å². The van der Waals surface area contributed by atoms with E-state index in [4.69, 9.17) is 0 Å². The summed E-state index contributed by atoms with van der Waals surface area (Å²) in [6.07, 6.45) is 5.36. The van der Waals surface area contributed by atoms with E-state index in [1.165, 1.54) is 0 Å². The van der Waals surface area contributed by atoms with Crippen LogP contribution in [-0.4, -0.2) is 16.0 Å². The molecular weight excluding hydrogens is 164 g/mol. The van der Waals surface area contributed by atoms with Gasteiger partial charge in [0.05, 0.1) is 11.8 Å². The van der Waals surface area contributed by atoms with Gasteiger partial charge < -0.3 is 0 Å². The number of ketones is 1.